The van der Waals surface area contributed by atoms with E-state index >= 15 is 0 Å². The number of pyridine rings is 1. The largest absolute Gasteiger partial charge is 0.269 e. The summed E-state index contributed by atoms with van der Waals surface area (Å²) in [6, 6.07) is 10.7. The summed E-state index contributed by atoms with van der Waals surface area (Å²) < 4.78 is 40.9. The highest BCUT2D eigenvalue weighted by molar-refractivity contribution is 9.08. The molecule has 0 aliphatic carbocycles. The van der Waals surface area contributed by atoms with Gasteiger partial charge < -0.3 is 0 Å². The van der Waals surface area contributed by atoms with Crippen LogP contribution >= 0.6 is 15.9 Å². The summed E-state index contributed by atoms with van der Waals surface area (Å²) in [6.45, 7) is 0. The lowest BCUT2D eigenvalue weighted by Gasteiger charge is -2.10. The first-order valence-corrected chi connectivity index (χ1v) is 9.28. The second-order valence-electron chi connectivity index (χ2n) is 4.84. The Morgan fingerprint density at radius 1 is 1.17 bits per heavy atom. The van der Waals surface area contributed by atoms with Gasteiger partial charge in [-0.15, -0.1) is 0 Å². The Bertz CT molecular complexity index is 940. The molecule has 0 unspecified atom stereocenters. The summed E-state index contributed by atoms with van der Waals surface area (Å²) in [7, 11) is -3.86. The fraction of sp³-hybridized carbons (Fsp3) is 0.0625. The van der Waals surface area contributed by atoms with Crippen LogP contribution in [0.5, 0.6) is 0 Å². The van der Waals surface area contributed by atoms with Crippen LogP contribution in [0.25, 0.3) is 11.3 Å². The van der Waals surface area contributed by atoms with E-state index in [1.165, 1.54) is 30.7 Å². The molecule has 3 rings (SSSR count). The molecule has 0 atom stereocenters. The molecular weight excluding hydrogens is 383 g/mol. The van der Waals surface area contributed by atoms with Crippen molar-refractivity contribution in [3.63, 3.8) is 0 Å². The van der Waals surface area contributed by atoms with Gasteiger partial charge in [0.2, 0.25) is 0 Å². The van der Waals surface area contributed by atoms with E-state index in [4.69, 9.17) is 0 Å². The molecule has 118 valence electrons. The quantitative estimate of drug-likeness (QED) is 0.632. The molecule has 4 nitrogen and oxygen atoms in total. The van der Waals surface area contributed by atoms with Crippen molar-refractivity contribution in [1.82, 2.24) is 8.96 Å². The van der Waals surface area contributed by atoms with Crippen molar-refractivity contribution in [3.8, 4) is 11.3 Å². The van der Waals surface area contributed by atoms with E-state index in [-0.39, 0.29) is 16.2 Å². The predicted octanol–water partition coefficient (Wildman–Crippen LogP) is 3.82. The summed E-state index contributed by atoms with van der Waals surface area (Å²) in [5.41, 5.74) is 1.24. The van der Waals surface area contributed by atoms with Crippen LogP contribution in [0.3, 0.4) is 0 Å². The van der Waals surface area contributed by atoms with E-state index in [0.29, 0.717) is 5.33 Å². The molecule has 0 amide bonds. The average Bonchev–Trinajstić information content (AvgIpc) is 3.01. The summed E-state index contributed by atoms with van der Waals surface area (Å²) >= 11 is 3.30. The second kappa shape index (κ2) is 6.25. The van der Waals surface area contributed by atoms with Crippen molar-refractivity contribution >= 4 is 26.0 Å². The number of nitrogens with zero attached hydrogens (tertiary/aromatic N) is 2. The number of halogens is 2. The van der Waals surface area contributed by atoms with Gasteiger partial charge in [-0.25, -0.2) is 16.8 Å². The molecule has 0 radical (unpaired) electrons. The molecule has 3 aromatic rings. The first-order valence-electron chi connectivity index (χ1n) is 6.72. The van der Waals surface area contributed by atoms with Gasteiger partial charge in [-0.1, -0.05) is 28.1 Å². The molecule has 0 saturated carbocycles. The van der Waals surface area contributed by atoms with Crippen LogP contribution < -0.4 is 0 Å². The summed E-state index contributed by atoms with van der Waals surface area (Å²) in [6.07, 6.45) is 4.25. The van der Waals surface area contributed by atoms with Gasteiger partial charge in [0.25, 0.3) is 10.0 Å². The predicted molar refractivity (Wildman–Crippen MR) is 89.3 cm³/mol. The zero-order valence-corrected chi connectivity index (χ0v) is 14.3. The second-order valence-corrected chi connectivity index (χ2v) is 7.21. The number of alkyl halides is 1. The fourth-order valence-electron chi connectivity index (χ4n) is 2.25. The number of aromatic nitrogens is 2. The van der Waals surface area contributed by atoms with Gasteiger partial charge in [0.15, 0.2) is 0 Å². The van der Waals surface area contributed by atoms with E-state index < -0.39 is 15.8 Å². The normalized spacial score (nSPS) is 11.6. The van der Waals surface area contributed by atoms with E-state index in [1.807, 2.05) is 0 Å². The molecule has 0 fully saturated rings. The monoisotopic (exact) mass is 394 g/mol. The number of hydrogen-bond acceptors (Lipinski definition) is 3. The van der Waals surface area contributed by atoms with Crippen molar-refractivity contribution in [3.05, 3.63) is 72.4 Å². The molecule has 0 aliphatic rings. The Balaban J connectivity index is 2.25. The van der Waals surface area contributed by atoms with Gasteiger partial charge in [0, 0.05) is 29.5 Å². The van der Waals surface area contributed by atoms with E-state index in [9.17, 15) is 12.8 Å². The van der Waals surface area contributed by atoms with Crippen LogP contribution in [0.15, 0.2) is 66.0 Å². The lowest BCUT2D eigenvalue weighted by atomic mass is 10.1. The zero-order chi connectivity index (χ0) is 16.4. The molecule has 7 heteroatoms. The molecule has 0 saturated heterocycles. The van der Waals surface area contributed by atoms with Crippen molar-refractivity contribution in [2.75, 3.05) is 0 Å². The lowest BCUT2D eigenvalue weighted by molar-refractivity contribution is 0.587. The Hall–Kier alpha value is -1.99. The molecular formula is C16H12BrFN2O2S. The maximum absolute atomic E-state index is 14.1. The standard InChI is InChI=1S/C16H12BrFN2O2S/c17-9-12-8-16(14-5-1-2-6-15(14)18)20(11-12)23(21,22)13-4-3-7-19-10-13/h1-8,10-11H,9H2. The molecule has 23 heavy (non-hydrogen) atoms. The van der Waals surface area contributed by atoms with Crippen molar-refractivity contribution in [1.29, 1.82) is 0 Å². The minimum absolute atomic E-state index is 0.0503. The van der Waals surface area contributed by atoms with Gasteiger partial charge in [-0.2, -0.15) is 0 Å². The SMILES string of the molecule is O=S(=O)(c1cccnc1)n1cc(CBr)cc1-c1ccccc1F. The molecule has 1 aromatic carbocycles. The Morgan fingerprint density at radius 2 is 1.96 bits per heavy atom. The highest BCUT2D eigenvalue weighted by Gasteiger charge is 2.23. The zero-order valence-electron chi connectivity index (χ0n) is 11.9. The van der Waals surface area contributed by atoms with Crippen LogP contribution in [-0.4, -0.2) is 17.4 Å². The van der Waals surface area contributed by atoms with Crippen LogP contribution in [0.4, 0.5) is 4.39 Å². The van der Waals surface area contributed by atoms with Crippen molar-refractivity contribution < 1.29 is 12.8 Å². The molecule has 0 aliphatic heterocycles. The van der Waals surface area contributed by atoms with Crippen LogP contribution in [-0.2, 0) is 15.4 Å². The first kappa shape index (κ1) is 15.9. The van der Waals surface area contributed by atoms with Crippen molar-refractivity contribution in [2.45, 2.75) is 10.2 Å². The Labute approximate surface area is 141 Å². The van der Waals surface area contributed by atoms with Crippen LogP contribution in [0.2, 0.25) is 0 Å². The highest BCUT2D eigenvalue weighted by Crippen LogP contribution is 2.29. The minimum atomic E-state index is -3.86. The number of rotatable bonds is 4. The van der Waals surface area contributed by atoms with E-state index in [1.54, 1.807) is 30.3 Å². The molecule has 0 N–H and O–H groups in total. The molecule has 2 aromatic heterocycles. The molecule has 2 heterocycles. The lowest BCUT2D eigenvalue weighted by Crippen LogP contribution is -2.13. The summed E-state index contributed by atoms with van der Waals surface area (Å²) in [5.74, 6) is -0.477. The Kier molecular flexibility index (Phi) is 4.32. The van der Waals surface area contributed by atoms with E-state index in [2.05, 4.69) is 20.9 Å². The fourth-order valence-corrected chi connectivity index (χ4v) is 3.91. The topological polar surface area (TPSA) is 52.0 Å². The average molecular weight is 395 g/mol. The van der Waals surface area contributed by atoms with Crippen molar-refractivity contribution in [2.24, 2.45) is 0 Å². The first-order chi connectivity index (χ1) is 11.0. The van der Waals surface area contributed by atoms with Gasteiger partial charge in [0.1, 0.15) is 10.7 Å². The number of benzene rings is 1. The van der Waals surface area contributed by atoms with Gasteiger partial charge in [-0.05, 0) is 35.9 Å². The van der Waals surface area contributed by atoms with Gasteiger partial charge >= 0.3 is 0 Å². The van der Waals surface area contributed by atoms with Crippen LogP contribution in [0.1, 0.15) is 5.56 Å². The Morgan fingerprint density at radius 3 is 2.61 bits per heavy atom. The van der Waals surface area contributed by atoms with Gasteiger partial charge in [-0.3, -0.25) is 4.98 Å². The minimum Gasteiger partial charge on any atom is -0.263 e. The summed E-state index contributed by atoms with van der Waals surface area (Å²) in [5, 5.41) is 0.462. The number of hydrogen-bond donors (Lipinski definition) is 0. The third-order valence-electron chi connectivity index (χ3n) is 3.34. The maximum atomic E-state index is 14.1. The smallest absolute Gasteiger partial charge is 0.263 e. The van der Waals surface area contributed by atoms with E-state index in [0.717, 1.165) is 9.54 Å². The highest BCUT2D eigenvalue weighted by atomic mass is 79.9. The third kappa shape index (κ3) is 2.94. The third-order valence-corrected chi connectivity index (χ3v) is 5.64. The van der Waals surface area contributed by atoms with Crippen LogP contribution in [0, 0.1) is 5.82 Å². The van der Waals surface area contributed by atoms with Gasteiger partial charge in [0.05, 0.1) is 5.69 Å². The maximum Gasteiger partial charge on any atom is 0.269 e. The summed E-state index contributed by atoms with van der Waals surface area (Å²) in [4.78, 5) is 3.90. The molecule has 0 spiro atoms. The molecule has 0 bridgehead atoms.